The van der Waals surface area contributed by atoms with Gasteiger partial charge in [-0.2, -0.15) is 0 Å². The van der Waals surface area contributed by atoms with Crippen molar-refractivity contribution in [2.45, 2.75) is 52.4 Å². The smallest absolute Gasteiger partial charge is 0.143 e. The van der Waals surface area contributed by atoms with E-state index in [1.165, 1.54) is 11.1 Å². The summed E-state index contributed by atoms with van der Waals surface area (Å²) < 4.78 is 0. The van der Waals surface area contributed by atoms with Crippen LogP contribution < -0.4 is 5.32 Å². The molecule has 0 spiro atoms. The molecule has 1 aromatic rings. The number of hydrogen-bond acceptors (Lipinski definition) is 2. The number of carbonyl (C=O) groups is 1. The lowest BCUT2D eigenvalue weighted by Gasteiger charge is -2.27. The molecule has 1 N–H and O–H groups in total. The highest BCUT2D eigenvalue weighted by molar-refractivity contribution is 5.77. The molecule has 0 aliphatic rings. The Kier molecular flexibility index (Phi) is 4.92. The molecule has 1 rings (SSSR count). The molecular formula is C17H27NO. The average Bonchev–Trinajstić information content (AvgIpc) is 2.27. The number of hydrogen-bond donors (Lipinski definition) is 1. The van der Waals surface area contributed by atoms with E-state index in [4.69, 9.17) is 0 Å². The zero-order chi connectivity index (χ0) is 14.7. The molecule has 2 heteroatoms. The van der Waals surface area contributed by atoms with Crippen molar-refractivity contribution < 1.29 is 4.79 Å². The van der Waals surface area contributed by atoms with Crippen molar-refractivity contribution >= 4 is 5.78 Å². The van der Waals surface area contributed by atoms with Gasteiger partial charge >= 0.3 is 0 Å². The largest absolute Gasteiger partial charge is 0.309 e. The third-order valence-corrected chi connectivity index (χ3v) is 3.47. The molecule has 2 nitrogen and oxygen atoms in total. The highest BCUT2D eigenvalue weighted by Crippen LogP contribution is 2.27. The Bertz CT molecular complexity index is 424. The van der Waals surface area contributed by atoms with Crippen LogP contribution in [0.25, 0.3) is 0 Å². The second kappa shape index (κ2) is 5.87. The van der Waals surface area contributed by atoms with Gasteiger partial charge in [0.05, 0.1) is 6.54 Å². The Morgan fingerprint density at radius 3 is 1.89 bits per heavy atom. The SMILES string of the molecule is CC(=O)CNCC(C)(C)c1ccc(C(C)(C)C)cc1. The molecule has 0 amide bonds. The second-order valence-electron chi connectivity index (χ2n) is 7.02. The lowest BCUT2D eigenvalue weighted by Crippen LogP contribution is -2.35. The van der Waals surface area contributed by atoms with Crippen LogP contribution >= 0.6 is 0 Å². The maximum atomic E-state index is 11.0. The number of nitrogens with one attached hydrogen (secondary N) is 1. The van der Waals surface area contributed by atoms with Crippen LogP contribution in [0.5, 0.6) is 0 Å². The fraction of sp³-hybridized carbons (Fsp3) is 0.588. The molecule has 106 valence electrons. The minimum Gasteiger partial charge on any atom is -0.309 e. The maximum Gasteiger partial charge on any atom is 0.143 e. The van der Waals surface area contributed by atoms with Crippen LogP contribution in [0.1, 0.15) is 52.7 Å². The number of rotatable bonds is 5. The van der Waals surface area contributed by atoms with Crippen molar-refractivity contribution in [1.29, 1.82) is 0 Å². The van der Waals surface area contributed by atoms with E-state index in [2.05, 4.69) is 64.2 Å². The minimum absolute atomic E-state index is 0.0336. The maximum absolute atomic E-state index is 11.0. The van der Waals surface area contributed by atoms with E-state index in [1.54, 1.807) is 6.92 Å². The Hall–Kier alpha value is -1.15. The van der Waals surface area contributed by atoms with Crippen LogP contribution in [0.3, 0.4) is 0 Å². The summed E-state index contributed by atoms with van der Waals surface area (Å²) in [5, 5.41) is 3.22. The van der Waals surface area contributed by atoms with Gasteiger partial charge in [-0.15, -0.1) is 0 Å². The Morgan fingerprint density at radius 1 is 1.00 bits per heavy atom. The van der Waals surface area contributed by atoms with Gasteiger partial charge in [0, 0.05) is 12.0 Å². The van der Waals surface area contributed by atoms with Gasteiger partial charge in [-0.1, -0.05) is 58.9 Å². The summed E-state index contributed by atoms with van der Waals surface area (Å²) in [4.78, 5) is 11.0. The van der Waals surface area contributed by atoms with Crippen molar-refractivity contribution in [3.63, 3.8) is 0 Å². The molecule has 1 aromatic carbocycles. The lowest BCUT2D eigenvalue weighted by molar-refractivity contribution is -0.116. The van der Waals surface area contributed by atoms with Crippen molar-refractivity contribution in [2.24, 2.45) is 0 Å². The van der Waals surface area contributed by atoms with E-state index in [1.807, 2.05) is 0 Å². The van der Waals surface area contributed by atoms with E-state index in [9.17, 15) is 4.79 Å². The summed E-state index contributed by atoms with van der Waals surface area (Å²) in [5.41, 5.74) is 2.88. The van der Waals surface area contributed by atoms with Crippen molar-refractivity contribution in [3.05, 3.63) is 35.4 Å². The molecule has 0 atom stereocenters. The fourth-order valence-electron chi connectivity index (χ4n) is 2.07. The normalized spacial score (nSPS) is 12.5. The van der Waals surface area contributed by atoms with Gasteiger partial charge < -0.3 is 5.32 Å². The summed E-state index contributed by atoms with van der Waals surface area (Å²) >= 11 is 0. The number of ketones is 1. The Morgan fingerprint density at radius 2 is 1.47 bits per heavy atom. The summed E-state index contributed by atoms with van der Waals surface area (Å²) in [5.74, 6) is 0.180. The van der Waals surface area contributed by atoms with Gasteiger partial charge in [0.1, 0.15) is 5.78 Å². The van der Waals surface area contributed by atoms with Gasteiger partial charge in [0.25, 0.3) is 0 Å². The quantitative estimate of drug-likeness (QED) is 0.879. The molecular weight excluding hydrogens is 234 g/mol. The van der Waals surface area contributed by atoms with E-state index >= 15 is 0 Å². The van der Waals surface area contributed by atoms with E-state index < -0.39 is 0 Å². The molecule has 0 saturated heterocycles. The second-order valence-corrected chi connectivity index (χ2v) is 7.02. The van der Waals surface area contributed by atoms with Crippen molar-refractivity contribution in [3.8, 4) is 0 Å². The van der Waals surface area contributed by atoms with Gasteiger partial charge in [0.15, 0.2) is 0 Å². The van der Waals surface area contributed by atoms with Gasteiger partial charge in [0.2, 0.25) is 0 Å². The van der Waals surface area contributed by atoms with E-state index in [-0.39, 0.29) is 16.6 Å². The number of benzene rings is 1. The van der Waals surface area contributed by atoms with Gasteiger partial charge in [-0.3, -0.25) is 4.79 Å². The molecule has 0 fully saturated rings. The number of carbonyl (C=O) groups excluding carboxylic acids is 1. The molecule has 0 saturated carbocycles. The Balaban J connectivity index is 2.76. The van der Waals surface area contributed by atoms with Gasteiger partial charge in [-0.05, 0) is 23.5 Å². The summed E-state index contributed by atoms with van der Waals surface area (Å²) in [7, 11) is 0. The van der Waals surface area contributed by atoms with Crippen LogP contribution in [0, 0.1) is 0 Å². The summed E-state index contributed by atoms with van der Waals surface area (Å²) in [6.45, 7) is 13.9. The van der Waals surface area contributed by atoms with E-state index in [0.717, 1.165) is 6.54 Å². The molecule has 0 heterocycles. The topological polar surface area (TPSA) is 29.1 Å². The van der Waals surface area contributed by atoms with E-state index in [0.29, 0.717) is 6.54 Å². The first-order valence-electron chi connectivity index (χ1n) is 6.94. The standard InChI is InChI=1S/C17H27NO/c1-13(19)11-18-12-17(5,6)15-9-7-14(8-10-15)16(2,3)4/h7-10,18H,11-12H2,1-6H3. The molecule has 0 bridgehead atoms. The first-order chi connectivity index (χ1) is 8.63. The first kappa shape index (κ1) is 15.9. The fourth-order valence-corrected chi connectivity index (χ4v) is 2.07. The third-order valence-electron chi connectivity index (χ3n) is 3.47. The molecule has 0 aromatic heterocycles. The van der Waals surface area contributed by atoms with Crippen LogP contribution in [0.2, 0.25) is 0 Å². The highest BCUT2D eigenvalue weighted by atomic mass is 16.1. The zero-order valence-electron chi connectivity index (χ0n) is 13.1. The first-order valence-corrected chi connectivity index (χ1v) is 6.94. The monoisotopic (exact) mass is 261 g/mol. The summed E-state index contributed by atoms with van der Waals surface area (Å²) in [6, 6.07) is 8.83. The minimum atomic E-state index is 0.0336. The van der Waals surface area contributed by atoms with Crippen LogP contribution in [-0.4, -0.2) is 18.9 Å². The van der Waals surface area contributed by atoms with Crippen molar-refractivity contribution in [1.82, 2.24) is 5.32 Å². The van der Waals surface area contributed by atoms with Crippen LogP contribution in [0.4, 0.5) is 0 Å². The van der Waals surface area contributed by atoms with Crippen molar-refractivity contribution in [2.75, 3.05) is 13.1 Å². The van der Waals surface area contributed by atoms with Crippen LogP contribution in [-0.2, 0) is 15.6 Å². The molecule has 0 unspecified atom stereocenters. The van der Waals surface area contributed by atoms with Gasteiger partial charge in [-0.25, -0.2) is 0 Å². The lowest BCUT2D eigenvalue weighted by atomic mass is 9.81. The third kappa shape index (κ3) is 4.79. The van der Waals surface area contributed by atoms with Crippen LogP contribution in [0.15, 0.2) is 24.3 Å². The predicted molar refractivity (Wildman–Crippen MR) is 81.7 cm³/mol. The molecule has 0 aliphatic heterocycles. The zero-order valence-corrected chi connectivity index (χ0v) is 13.1. The summed E-state index contributed by atoms with van der Waals surface area (Å²) in [6.07, 6.45) is 0. The average molecular weight is 261 g/mol. The number of Topliss-reactive ketones (excluding diaryl/α,β-unsaturated/α-hetero) is 1. The molecule has 0 aliphatic carbocycles. The molecule has 19 heavy (non-hydrogen) atoms. The predicted octanol–water partition coefficient (Wildman–Crippen LogP) is 3.44. The Labute approximate surface area is 117 Å². The molecule has 0 radical (unpaired) electrons. The highest BCUT2D eigenvalue weighted by Gasteiger charge is 2.21.